The summed E-state index contributed by atoms with van der Waals surface area (Å²) in [6, 6.07) is 24.7. The van der Waals surface area contributed by atoms with Crippen LogP contribution in [-0.2, 0) is 56.3 Å². The van der Waals surface area contributed by atoms with Crippen molar-refractivity contribution in [1.29, 1.82) is 0 Å². The largest absolute Gasteiger partial charge is 0.458 e. The number of ether oxygens (including phenoxy) is 7. The average molecular weight is 1370 g/mol. The molecule has 2 aliphatic heterocycles. The third-order valence-electron chi connectivity index (χ3n) is 18.0. The van der Waals surface area contributed by atoms with Crippen molar-refractivity contribution in [2.24, 2.45) is 5.92 Å². The molecule has 0 spiro atoms. The quantitative estimate of drug-likeness (QED) is 0.0228. The van der Waals surface area contributed by atoms with E-state index in [2.05, 4.69) is 124 Å². The fraction of sp³-hybridized carbons (Fsp3) is 0.625. The van der Waals surface area contributed by atoms with Gasteiger partial charge in [-0.25, -0.2) is 18.0 Å². The van der Waals surface area contributed by atoms with Crippen molar-refractivity contribution in [1.82, 2.24) is 0 Å². The number of hydrogen-bond acceptors (Lipinski definition) is 16. The van der Waals surface area contributed by atoms with E-state index in [4.69, 9.17) is 46.4 Å². The summed E-state index contributed by atoms with van der Waals surface area (Å²) in [5.74, 6) is -2.42. The van der Waals surface area contributed by atoms with Crippen molar-refractivity contribution in [2.75, 3.05) is 27.9 Å². The number of esters is 2. The molecule has 16 nitrogen and oxygen atoms in total. The average Bonchev–Trinajstić information content (AvgIpc) is 2.03. The Morgan fingerprint density at radius 2 is 1.16 bits per heavy atom. The number of carbonyl (C=O) groups is 2. The molecule has 2 N–H and O–H groups in total. The third-order valence-corrected chi connectivity index (χ3v) is 34.1. The standard InChI is InChI=1S/C64H99IO16SSi3/c1-62(2,3)83(13,14)79-49(38-39-65)57-58(81-85(17,18)64(7,8)9)54(67)56(80-84(15,16)63(4,5)6)48(78-57)37-29-28-36-47(66)59(82(70,71)46-34-26-21-27-35-46)53-50(41-52(72-10)73-11)77-51(55(53)74-12)40-45(76-61(69)44-32-24-20-25-33-44)42-75-60(68)43-30-22-19-23-31-43/h19-28,30-36,38-39,45,47-59,66-67H,29,37,40-42H2,1-18H3/b36-28-,39-38+/t45?,47?,48-,49?,50?,51+,53?,54-,55-,56?,57?,58?,59?/m0/s1. The fourth-order valence-electron chi connectivity index (χ4n) is 10.0. The summed E-state index contributed by atoms with van der Waals surface area (Å²) >= 11 is 2.20. The van der Waals surface area contributed by atoms with Crippen LogP contribution in [0.25, 0.3) is 0 Å². The smallest absolute Gasteiger partial charge is 0.338 e. The summed E-state index contributed by atoms with van der Waals surface area (Å²) in [7, 11) is -7.76. The summed E-state index contributed by atoms with van der Waals surface area (Å²) in [5, 5.41) is 23.6. The van der Waals surface area contributed by atoms with Crippen LogP contribution in [0.5, 0.6) is 0 Å². The molecule has 85 heavy (non-hydrogen) atoms. The number of methoxy groups -OCH3 is 3. The fourth-order valence-corrected chi connectivity index (χ4v) is 16.4. The van der Waals surface area contributed by atoms with Gasteiger partial charge in [0.1, 0.15) is 36.3 Å². The Labute approximate surface area is 524 Å². The molecule has 0 radical (unpaired) electrons. The van der Waals surface area contributed by atoms with E-state index in [9.17, 15) is 19.8 Å². The maximum atomic E-state index is 15.4. The van der Waals surface area contributed by atoms with Crippen LogP contribution >= 0.6 is 22.6 Å². The van der Waals surface area contributed by atoms with Crippen molar-refractivity contribution in [3.63, 3.8) is 0 Å². The van der Waals surface area contributed by atoms with Crippen molar-refractivity contribution in [3.8, 4) is 0 Å². The first-order valence-electron chi connectivity index (χ1n) is 29.5. The first-order chi connectivity index (χ1) is 39.5. The van der Waals surface area contributed by atoms with Crippen LogP contribution in [0, 0.1) is 5.92 Å². The van der Waals surface area contributed by atoms with Crippen LogP contribution in [0.3, 0.4) is 0 Å². The highest BCUT2D eigenvalue weighted by molar-refractivity contribution is 14.1. The minimum atomic E-state index is -4.45. The van der Waals surface area contributed by atoms with Crippen LogP contribution in [0.4, 0.5) is 0 Å². The molecule has 2 heterocycles. The van der Waals surface area contributed by atoms with Crippen LogP contribution in [0.1, 0.15) is 109 Å². The Balaban J connectivity index is 1.58. The van der Waals surface area contributed by atoms with Crippen LogP contribution < -0.4 is 0 Å². The second-order valence-corrected chi connectivity index (χ2v) is 44.1. The normalized spacial score (nSPS) is 24.6. The molecule has 9 unspecified atom stereocenters. The highest BCUT2D eigenvalue weighted by atomic mass is 127. The minimum absolute atomic E-state index is 0.00781. The molecular formula is C64H99IO16SSi3. The molecule has 0 bridgehead atoms. The summed E-state index contributed by atoms with van der Waals surface area (Å²) < 4.78 is 98.1. The lowest BCUT2D eigenvalue weighted by Crippen LogP contribution is -2.67. The maximum absolute atomic E-state index is 15.4. The van der Waals surface area contributed by atoms with Gasteiger partial charge in [0.15, 0.2) is 41.1 Å². The second kappa shape index (κ2) is 30.7. The number of hydrogen-bond donors (Lipinski definition) is 2. The summed E-state index contributed by atoms with van der Waals surface area (Å²) in [6.45, 7) is 32.2. The molecule has 3 aromatic rings. The number of benzene rings is 3. The summed E-state index contributed by atoms with van der Waals surface area (Å²) in [4.78, 5) is 27.0. The lowest BCUT2D eigenvalue weighted by Gasteiger charge is -2.53. The number of sulfone groups is 1. The summed E-state index contributed by atoms with van der Waals surface area (Å²) in [5.41, 5.74) is 0.555. The van der Waals surface area contributed by atoms with E-state index in [0.717, 1.165) is 0 Å². The molecule has 2 fully saturated rings. The monoisotopic (exact) mass is 1370 g/mol. The van der Waals surface area contributed by atoms with E-state index < -0.39 is 131 Å². The van der Waals surface area contributed by atoms with Gasteiger partial charge >= 0.3 is 11.9 Å². The lowest BCUT2D eigenvalue weighted by atomic mass is 9.86. The molecule has 0 aromatic heterocycles. The van der Waals surface area contributed by atoms with Gasteiger partial charge in [-0.15, -0.1) is 0 Å². The van der Waals surface area contributed by atoms with Gasteiger partial charge in [-0.1, -0.05) is 152 Å². The molecule has 2 saturated heterocycles. The van der Waals surface area contributed by atoms with Gasteiger partial charge in [0.2, 0.25) is 0 Å². The van der Waals surface area contributed by atoms with Crippen molar-refractivity contribution < 1.29 is 74.7 Å². The molecule has 476 valence electrons. The SMILES string of the molecule is COC(CC1O[C@H](CC(COC(=O)c2ccccc2)OC(=O)c2ccccc2)[C@H](OC)C1C(C(O)/C=C\CC[C@@H]1OC(C(/C=C/I)O[Si](C)(C)C(C)(C)C)C(O[Si](C)(C)C(C)(C)C)[C@@H](O)C1O[Si](C)(C)C(C)(C)C)S(=O)(=O)c1ccccc1)OC. The van der Waals surface area contributed by atoms with Crippen molar-refractivity contribution in [2.45, 2.75) is 226 Å². The molecule has 5 rings (SSSR count). The van der Waals surface area contributed by atoms with Crippen LogP contribution in [0.2, 0.25) is 54.4 Å². The zero-order valence-corrected chi connectivity index (χ0v) is 59.5. The van der Waals surface area contributed by atoms with Gasteiger partial charge in [-0.2, -0.15) is 0 Å². The van der Waals surface area contributed by atoms with Crippen molar-refractivity contribution in [3.05, 3.63) is 124 Å². The highest BCUT2D eigenvalue weighted by Gasteiger charge is 2.57. The number of aliphatic hydroxyl groups excluding tert-OH is 2. The highest BCUT2D eigenvalue weighted by Crippen LogP contribution is 2.47. The van der Waals surface area contributed by atoms with Gasteiger partial charge < -0.3 is 56.6 Å². The van der Waals surface area contributed by atoms with Gasteiger partial charge in [0.25, 0.3) is 0 Å². The molecule has 13 atom stereocenters. The minimum Gasteiger partial charge on any atom is -0.458 e. The Morgan fingerprint density at radius 1 is 0.659 bits per heavy atom. The Bertz CT molecular complexity index is 2730. The van der Waals surface area contributed by atoms with E-state index in [0.29, 0.717) is 12.0 Å². The van der Waals surface area contributed by atoms with E-state index in [1.807, 2.05) is 10.2 Å². The van der Waals surface area contributed by atoms with Gasteiger partial charge in [0, 0.05) is 40.1 Å². The Hall–Kier alpha value is -2.99. The number of allylic oxidation sites excluding steroid dienone is 1. The number of rotatable bonds is 28. The molecule has 2 aliphatic rings. The lowest BCUT2D eigenvalue weighted by molar-refractivity contribution is -0.229. The Kier molecular flexibility index (Phi) is 26.3. The molecule has 0 amide bonds. The maximum Gasteiger partial charge on any atom is 0.338 e. The van der Waals surface area contributed by atoms with E-state index in [1.54, 1.807) is 84.9 Å². The zero-order chi connectivity index (χ0) is 63.5. The van der Waals surface area contributed by atoms with Crippen LogP contribution in [-0.4, -0.2) is 162 Å². The molecule has 21 heteroatoms. The topological polar surface area (TPSA) is 201 Å². The molecular weight excluding hydrogens is 1270 g/mol. The first kappa shape index (κ1) is 72.8. The van der Waals surface area contributed by atoms with E-state index in [-0.39, 0.29) is 51.4 Å². The molecule has 0 saturated carbocycles. The number of aliphatic hydroxyl groups is 2. The number of carbonyl (C=O) groups excluding carboxylic acids is 2. The number of halogens is 1. The second-order valence-electron chi connectivity index (χ2n) is 27.0. The predicted octanol–water partition coefficient (Wildman–Crippen LogP) is 12.7. The van der Waals surface area contributed by atoms with E-state index >= 15 is 8.42 Å². The van der Waals surface area contributed by atoms with Crippen molar-refractivity contribution >= 4 is 69.3 Å². The molecule has 3 aromatic carbocycles. The first-order valence-corrected chi connectivity index (χ1v) is 41.1. The van der Waals surface area contributed by atoms with Crippen LogP contribution in [0.15, 0.2) is 118 Å². The summed E-state index contributed by atoms with van der Waals surface area (Å²) in [6.07, 6.45) is -5.80. The third kappa shape index (κ3) is 18.8. The van der Waals surface area contributed by atoms with E-state index in [1.165, 1.54) is 39.5 Å². The van der Waals surface area contributed by atoms with Gasteiger partial charge in [0.05, 0.1) is 58.8 Å². The zero-order valence-electron chi connectivity index (χ0n) is 53.5. The molecule has 0 aliphatic carbocycles. The van der Waals surface area contributed by atoms with Gasteiger partial charge in [-0.05, 0) is 114 Å². The van der Waals surface area contributed by atoms with Gasteiger partial charge in [-0.3, -0.25) is 0 Å². The Morgan fingerprint density at radius 3 is 1.66 bits per heavy atom. The predicted molar refractivity (Wildman–Crippen MR) is 348 cm³/mol.